The molecule has 3 rings (SSSR count). The summed E-state index contributed by atoms with van der Waals surface area (Å²) >= 11 is 5.89. The summed E-state index contributed by atoms with van der Waals surface area (Å²) in [7, 11) is 0. The summed E-state index contributed by atoms with van der Waals surface area (Å²) in [6.07, 6.45) is 3.88. The largest absolute Gasteiger partial charge is 1.00 e. The van der Waals surface area contributed by atoms with Crippen molar-refractivity contribution < 1.29 is 17.0 Å². The molecular weight excluding hydrogens is 317 g/mol. The second-order valence-corrected chi connectivity index (χ2v) is 5.66. The monoisotopic (exact) mass is 333 g/mol. The van der Waals surface area contributed by atoms with Crippen LogP contribution in [0.1, 0.15) is 16.7 Å². The lowest BCUT2D eigenvalue weighted by Crippen LogP contribution is -3.00. The van der Waals surface area contributed by atoms with Crippen molar-refractivity contribution in [1.29, 1.82) is 0 Å². The third-order valence-corrected chi connectivity index (χ3v) is 3.63. The van der Waals surface area contributed by atoms with E-state index in [1.807, 2.05) is 41.6 Å². The van der Waals surface area contributed by atoms with Gasteiger partial charge >= 0.3 is 0 Å². The molecule has 0 radical (unpaired) electrons. The number of hydrogen-bond acceptors (Lipinski definition) is 1. The molecular formula is C17H17Cl2N3. The standard InChI is InChI=1S/C17H17ClN3.ClH/c1-14-2-4-15(5-3-14)10-20-12-19-21(13-20)11-16-6-8-17(18)9-7-16;/h2-9,12-13H,10-11H2,1H3;1H/q+1;/p-1. The van der Waals surface area contributed by atoms with E-state index in [1.54, 1.807) is 0 Å². The Bertz CT molecular complexity index is 656. The maximum atomic E-state index is 5.89. The molecule has 5 heteroatoms. The van der Waals surface area contributed by atoms with E-state index in [9.17, 15) is 0 Å². The number of rotatable bonds is 4. The second-order valence-electron chi connectivity index (χ2n) is 5.23. The molecule has 3 aromatic rings. The summed E-state index contributed by atoms with van der Waals surface area (Å²) in [5.74, 6) is 0. The lowest BCUT2D eigenvalue weighted by molar-refractivity contribution is -0.689. The van der Waals surface area contributed by atoms with Gasteiger partial charge in [-0.3, -0.25) is 0 Å². The zero-order valence-corrected chi connectivity index (χ0v) is 13.8. The van der Waals surface area contributed by atoms with Crippen molar-refractivity contribution in [1.82, 2.24) is 9.78 Å². The van der Waals surface area contributed by atoms with Gasteiger partial charge in [-0.1, -0.05) is 53.6 Å². The van der Waals surface area contributed by atoms with Gasteiger partial charge in [0, 0.05) is 10.1 Å². The summed E-state index contributed by atoms with van der Waals surface area (Å²) in [6, 6.07) is 16.4. The zero-order valence-electron chi connectivity index (χ0n) is 12.3. The quantitative estimate of drug-likeness (QED) is 0.626. The van der Waals surface area contributed by atoms with Crippen LogP contribution >= 0.6 is 11.6 Å². The molecule has 1 heterocycles. The number of nitrogens with zero attached hydrogens (tertiary/aromatic N) is 3. The molecule has 0 spiro atoms. The predicted octanol–water partition coefficient (Wildman–Crippen LogP) is 0.233. The van der Waals surface area contributed by atoms with E-state index in [0.717, 1.165) is 18.1 Å². The van der Waals surface area contributed by atoms with Gasteiger partial charge in [0.05, 0.1) is 6.54 Å². The molecule has 0 saturated carbocycles. The van der Waals surface area contributed by atoms with Crippen molar-refractivity contribution in [2.75, 3.05) is 0 Å². The van der Waals surface area contributed by atoms with E-state index in [0.29, 0.717) is 0 Å². The SMILES string of the molecule is Cc1ccc(C[n+]2cnn(Cc3ccc(Cl)cc3)c2)cc1.[Cl-]. The van der Waals surface area contributed by atoms with Crippen molar-refractivity contribution in [2.45, 2.75) is 20.0 Å². The van der Waals surface area contributed by atoms with Gasteiger partial charge in [0.2, 0.25) is 6.33 Å². The van der Waals surface area contributed by atoms with Gasteiger partial charge in [0.1, 0.15) is 6.54 Å². The van der Waals surface area contributed by atoms with Crippen LogP contribution in [0, 0.1) is 6.92 Å². The fourth-order valence-corrected chi connectivity index (χ4v) is 2.33. The third-order valence-electron chi connectivity index (χ3n) is 3.37. The highest BCUT2D eigenvalue weighted by Gasteiger charge is 2.07. The first kappa shape index (κ1) is 16.5. The number of aryl methyl sites for hydroxylation is 1. The zero-order chi connectivity index (χ0) is 14.7. The molecule has 0 aliphatic heterocycles. The Hall–Kier alpha value is -1.84. The Kier molecular flexibility index (Phi) is 5.58. The third kappa shape index (κ3) is 4.33. The van der Waals surface area contributed by atoms with E-state index < -0.39 is 0 Å². The number of hydrogen-bond donors (Lipinski definition) is 0. The first-order valence-electron chi connectivity index (χ1n) is 6.90. The Morgan fingerprint density at radius 3 is 2.32 bits per heavy atom. The maximum Gasteiger partial charge on any atom is 0.265 e. The maximum absolute atomic E-state index is 5.89. The molecule has 1 aromatic heterocycles. The van der Waals surface area contributed by atoms with Gasteiger partial charge < -0.3 is 12.4 Å². The average molecular weight is 334 g/mol. The van der Waals surface area contributed by atoms with E-state index >= 15 is 0 Å². The van der Waals surface area contributed by atoms with Gasteiger partial charge in [0.25, 0.3) is 6.33 Å². The van der Waals surface area contributed by atoms with Crippen molar-refractivity contribution >= 4 is 11.6 Å². The normalized spacial score (nSPS) is 10.3. The lowest BCUT2D eigenvalue weighted by atomic mass is 10.1. The van der Waals surface area contributed by atoms with Crippen molar-refractivity contribution in [3.63, 3.8) is 0 Å². The highest BCUT2D eigenvalue weighted by atomic mass is 35.5. The molecule has 0 aliphatic carbocycles. The fourth-order valence-electron chi connectivity index (χ4n) is 2.21. The Morgan fingerprint density at radius 2 is 1.64 bits per heavy atom. The number of benzene rings is 2. The van der Waals surface area contributed by atoms with Crippen LogP contribution in [0.15, 0.2) is 61.2 Å². The van der Waals surface area contributed by atoms with Crippen LogP contribution < -0.4 is 17.0 Å². The number of halogens is 2. The van der Waals surface area contributed by atoms with Crippen LogP contribution in [0.5, 0.6) is 0 Å². The Balaban J connectivity index is 0.00000176. The molecule has 0 saturated heterocycles. The fraction of sp³-hybridized carbons (Fsp3) is 0.176. The second kappa shape index (κ2) is 7.43. The van der Waals surface area contributed by atoms with E-state index in [1.165, 1.54) is 16.7 Å². The van der Waals surface area contributed by atoms with Crippen LogP contribution in [-0.2, 0) is 13.1 Å². The molecule has 0 N–H and O–H groups in total. The minimum Gasteiger partial charge on any atom is -1.00 e. The molecule has 0 aliphatic rings. The summed E-state index contributed by atoms with van der Waals surface area (Å²) in [6.45, 7) is 3.68. The van der Waals surface area contributed by atoms with Crippen molar-refractivity contribution in [3.8, 4) is 0 Å². The van der Waals surface area contributed by atoms with E-state index in [-0.39, 0.29) is 12.4 Å². The van der Waals surface area contributed by atoms with Crippen LogP contribution in [0.4, 0.5) is 0 Å². The van der Waals surface area contributed by atoms with Crippen LogP contribution in [0.2, 0.25) is 5.02 Å². The summed E-state index contributed by atoms with van der Waals surface area (Å²) < 4.78 is 4.01. The van der Waals surface area contributed by atoms with Crippen molar-refractivity contribution in [3.05, 3.63) is 82.9 Å². The van der Waals surface area contributed by atoms with E-state index in [4.69, 9.17) is 11.6 Å². The highest BCUT2D eigenvalue weighted by molar-refractivity contribution is 6.30. The van der Waals surface area contributed by atoms with E-state index in [2.05, 4.69) is 40.9 Å². The molecule has 114 valence electrons. The summed E-state index contributed by atoms with van der Waals surface area (Å²) in [4.78, 5) is 0. The predicted molar refractivity (Wildman–Crippen MR) is 83.3 cm³/mol. The minimum atomic E-state index is 0. The topological polar surface area (TPSA) is 21.7 Å². The summed E-state index contributed by atoms with van der Waals surface area (Å²) in [5.41, 5.74) is 3.74. The average Bonchev–Trinajstić information content (AvgIpc) is 2.91. The molecule has 0 fully saturated rings. The molecule has 0 amide bonds. The highest BCUT2D eigenvalue weighted by Crippen LogP contribution is 2.10. The van der Waals surface area contributed by atoms with Gasteiger partial charge in [-0.15, -0.1) is 4.68 Å². The molecule has 0 bridgehead atoms. The molecule has 0 unspecified atom stereocenters. The smallest absolute Gasteiger partial charge is 0.265 e. The van der Waals surface area contributed by atoms with Crippen LogP contribution in [0.25, 0.3) is 0 Å². The van der Waals surface area contributed by atoms with Crippen LogP contribution in [0.3, 0.4) is 0 Å². The lowest BCUT2D eigenvalue weighted by Gasteiger charge is -1.99. The van der Waals surface area contributed by atoms with Gasteiger partial charge in [0.15, 0.2) is 0 Å². The molecule has 0 atom stereocenters. The van der Waals surface area contributed by atoms with Gasteiger partial charge in [-0.2, -0.15) is 0 Å². The minimum absolute atomic E-state index is 0. The Morgan fingerprint density at radius 1 is 1.00 bits per heavy atom. The van der Waals surface area contributed by atoms with Crippen molar-refractivity contribution in [2.24, 2.45) is 0 Å². The summed E-state index contributed by atoms with van der Waals surface area (Å²) in [5, 5.41) is 5.15. The van der Waals surface area contributed by atoms with Crippen LogP contribution in [-0.4, -0.2) is 9.78 Å². The number of aromatic nitrogens is 3. The first-order valence-corrected chi connectivity index (χ1v) is 7.28. The Labute approximate surface area is 141 Å². The molecule has 2 aromatic carbocycles. The van der Waals surface area contributed by atoms with Gasteiger partial charge in [-0.05, 0) is 30.2 Å². The molecule has 3 nitrogen and oxygen atoms in total. The van der Waals surface area contributed by atoms with Gasteiger partial charge in [-0.25, -0.2) is 4.57 Å². The molecule has 22 heavy (non-hydrogen) atoms. The first-order chi connectivity index (χ1) is 10.2.